The molecule has 0 unspecified atom stereocenters. The van der Waals surface area contributed by atoms with Crippen molar-refractivity contribution in [3.05, 3.63) is 11.1 Å². The van der Waals surface area contributed by atoms with Crippen LogP contribution >= 0.6 is 0 Å². The van der Waals surface area contributed by atoms with Crippen molar-refractivity contribution in [1.82, 2.24) is 0 Å². The summed E-state index contributed by atoms with van der Waals surface area (Å²) < 4.78 is 21.9. The van der Waals surface area contributed by atoms with Crippen LogP contribution < -0.4 is 0 Å². The first-order valence-corrected chi connectivity index (χ1v) is 12.2. The number of ether oxygens (including phenoxy) is 4. The number of Topliss-reactive ketones (excluding diaryl/α,β-unsaturated/α-hetero) is 2. The fourth-order valence-electron chi connectivity index (χ4n) is 7.53. The number of rotatable bonds is 7. The van der Waals surface area contributed by atoms with Crippen molar-refractivity contribution in [2.24, 2.45) is 28.1 Å². The van der Waals surface area contributed by atoms with E-state index >= 15 is 0 Å². The summed E-state index contributed by atoms with van der Waals surface area (Å²) in [5.41, 5.74) is -2.86. The minimum atomic E-state index is -1.33. The maximum atomic E-state index is 14.2. The smallest absolute Gasteiger partial charge is 0.303 e. The van der Waals surface area contributed by atoms with Crippen LogP contribution in [0, 0.1) is 28.1 Å². The fourth-order valence-corrected chi connectivity index (χ4v) is 7.53. The summed E-state index contributed by atoms with van der Waals surface area (Å²) in [6.45, 7) is 8.37. The summed E-state index contributed by atoms with van der Waals surface area (Å²) in [6, 6.07) is 0. The molecule has 0 aliphatic heterocycles. The Hall–Kier alpha value is -3.04. The maximum Gasteiger partial charge on any atom is 0.303 e. The third-order valence-electron chi connectivity index (χ3n) is 8.89. The molecular formula is C26H32O10. The Morgan fingerprint density at radius 1 is 1.03 bits per heavy atom. The summed E-state index contributed by atoms with van der Waals surface area (Å²) >= 11 is 0. The van der Waals surface area contributed by atoms with E-state index in [2.05, 4.69) is 0 Å². The normalized spacial score (nSPS) is 41.1. The predicted octanol–water partition coefficient (Wildman–Crippen LogP) is 1.87. The lowest BCUT2D eigenvalue weighted by Gasteiger charge is -2.59. The first-order valence-electron chi connectivity index (χ1n) is 12.2. The molecule has 10 heteroatoms. The minimum Gasteiger partial charge on any atom is -0.467 e. The summed E-state index contributed by atoms with van der Waals surface area (Å²) in [7, 11) is 0. The maximum absolute atomic E-state index is 14.2. The molecule has 36 heavy (non-hydrogen) atoms. The number of hydrogen-bond donors (Lipinski definition) is 0. The zero-order valence-corrected chi connectivity index (χ0v) is 21.2. The molecule has 0 heterocycles. The second kappa shape index (κ2) is 8.81. The van der Waals surface area contributed by atoms with E-state index in [1.807, 2.05) is 13.8 Å². The van der Waals surface area contributed by atoms with E-state index in [1.165, 1.54) is 13.8 Å². The van der Waals surface area contributed by atoms with Crippen molar-refractivity contribution in [3.63, 3.8) is 0 Å². The van der Waals surface area contributed by atoms with Gasteiger partial charge < -0.3 is 18.9 Å². The zero-order valence-electron chi connectivity index (χ0n) is 21.2. The van der Waals surface area contributed by atoms with E-state index in [0.29, 0.717) is 32.2 Å². The van der Waals surface area contributed by atoms with E-state index in [0.717, 1.165) is 0 Å². The fraction of sp³-hybridized carbons (Fsp3) is 0.692. The Morgan fingerprint density at radius 2 is 1.67 bits per heavy atom. The SMILES string of the molecule is CC(=O)O[C@@H]1[C@@H](OC=O)C2=C(C(=O)[C@H](OC(C)=O)[C@@]3(C[C@H]3C)C2=O)[C@@]2(C)CCC[C@](C)(COC=O)[C@H]12. The Labute approximate surface area is 209 Å². The molecule has 196 valence electrons. The van der Waals surface area contributed by atoms with E-state index in [1.54, 1.807) is 6.92 Å². The molecule has 0 saturated heterocycles. The molecule has 4 rings (SSSR count). The second-order valence-electron chi connectivity index (χ2n) is 11.2. The molecule has 10 nitrogen and oxygen atoms in total. The third kappa shape index (κ3) is 3.59. The van der Waals surface area contributed by atoms with Crippen LogP contribution in [-0.4, -0.2) is 61.4 Å². The summed E-state index contributed by atoms with van der Waals surface area (Å²) in [5.74, 6) is -3.11. The van der Waals surface area contributed by atoms with Gasteiger partial charge >= 0.3 is 11.9 Å². The van der Waals surface area contributed by atoms with Crippen molar-refractivity contribution in [3.8, 4) is 0 Å². The van der Waals surface area contributed by atoms with Crippen molar-refractivity contribution in [1.29, 1.82) is 0 Å². The molecule has 8 atom stereocenters. The summed E-state index contributed by atoms with van der Waals surface area (Å²) in [5, 5.41) is 0. The number of hydrogen-bond acceptors (Lipinski definition) is 10. The summed E-state index contributed by atoms with van der Waals surface area (Å²) in [4.78, 5) is 75.3. The first kappa shape index (κ1) is 26.0. The topological polar surface area (TPSA) is 139 Å². The Kier molecular flexibility index (Phi) is 6.37. The highest BCUT2D eigenvalue weighted by Gasteiger charge is 2.74. The van der Waals surface area contributed by atoms with E-state index < -0.39 is 64.0 Å². The highest BCUT2D eigenvalue weighted by Crippen LogP contribution is 2.67. The van der Waals surface area contributed by atoms with Crippen LogP contribution in [0.15, 0.2) is 11.1 Å². The quantitative estimate of drug-likeness (QED) is 0.287. The molecule has 1 spiro atoms. The molecule has 0 amide bonds. The number of esters is 2. The van der Waals surface area contributed by atoms with Crippen LogP contribution in [0.2, 0.25) is 0 Å². The van der Waals surface area contributed by atoms with Crippen molar-refractivity contribution >= 4 is 36.4 Å². The van der Waals surface area contributed by atoms with Gasteiger partial charge in [0.25, 0.3) is 12.9 Å². The second-order valence-corrected chi connectivity index (χ2v) is 11.2. The van der Waals surface area contributed by atoms with E-state index in [4.69, 9.17) is 18.9 Å². The van der Waals surface area contributed by atoms with Crippen LogP contribution in [0.25, 0.3) is 0 Å². The van der Waals surface area contributed by atoms with Gasteiger partial charge in [-0.05, 0) is 25.2 Å². The van der Waals surface area contributed by atoms with Crippen LogP contribution in [0.1, 0.15) is 60.3 Å². The largest absolute Gasteiger partial charge is 0.467 e. The lowest BCUT2D eigenvalue weighted by atomic mass is 9.46. The van der Waals surface area contributed by atoms with Gasteiger partial charge in [0.05, 0.1) is 12.0 Å². The first-order chi connectivity index (χ1) is 16.9. The van der Waals surface area contributed by atoms with E-state index in [-0.39, 0.29) is 30.1 Å². The van der Waals surface area contributed by atoms with Crippen LogP contribution in [0.5, 0.6) is 0 Å². The lowest BCUT2D eigenvalue weighted by Crippen LogP contribution is -2.65. The van der Waals surface area contributed by atoms with Crippen molar-refractivity contribution in [2.75, 3.05) is 6.61 Å². The van der Waals surface area contributed by atoms with Gasteiger partial charge in [0.1, 0.15) is 6.10 Å². The highest BCUT2D eigenvalue weighted by atomic mass is 16.6. The molecule has 0 aromatic heterocycles. The molecule has 0 aromatic carbocycles. The molecule has 0 bridgehead atoms. The minimum absolute atomic E-state index is 0.0189. The molecule has 2 saturated carbocycles. The molecule has 0 radical (unpaired) electrons. The number of carbonyl (C=O) groups excluding carboxylic acids is 6. The van der Waals surface area contributed by atoms with Gasteiger partial charge in [-0.3, -0.25) is 28.8 Å². The monoisotopic (exact) mass is 504 g/mol. The standard InChI is InChI=1S/C26H32O10/c1-13-9-26(13)22(32)16-17(18(31)23(26)36-15(3)30)25(5)8-6-7-24(4,10-33-11-27)21(25)20(35-14(2)29)19(16)34-12-28/h11-13,19-21,23H,6-10H2,1-5H3/t13-,19+,20-,21+,23+,24-,25-,26-/m1/s1. The van der Waals surface area contributed by atoms with Gasteiger partial charge in [-0.15, -0.1) is 0 Å². The number of fused-ring (bicyclic) bond motifs is 2. The van der Waals surface area contributed by atoms with Crippen LogP contribution in [0.3, 0.4) is 0 Å². The molecule has 0 aromatic rings. The van der Waals surface area contributed by atoms with Gasteiger partial charge in [0.2, 0.25) is 5.78 Å². The zero-order chi connectivity index (χ0) is 26.6. The van der Waals surface area contributed by atoms with Gasteiger partial charge in [0, 0.05) is 41.7 Å². The molecule has 2 fully saturated rings. The Morgan fingerprint density at radius 3 is 2.19 bits per heavy atom. The lowest BCUT2D eigenvalue weighted by molar-refractivity contribution is -0.191. The van der Waals surface area contributed by atoms with Crippen molar-refractivity contribution in [2.45, 2.75) is 78.6 Å². The van der Waals surface area contributed by atoms with Gasteiger partial charge in [-0.25, -0.2) is 0 Å². The molecule has 0 N–H and O–H groups in total. The summed E-state index contributed by atoms with van der Waals surface area (Å²) in [6.07, 6.45) is -1.69. The van der Waals surface area contributed by atoms with Gasteiger partial charge in [0.15, 0.2) is 18.0 Å². The Bertz CT molecular complexity index is 1060. The number of carbonyl (C=O) groups is 6. The van der Waals surface area contributed by atoms with E-state index in [9.17, 15) is 28.8 Å². The van der Waals surface area contributed by atoms with Crippen molar-refractivity contribution < 1.29 is 47.7 Å². The predicted molar refractivity (Wildman–Crippen MR) is 121 cm³/mol. The highest BCUT2D eigenvalue weighted by molar-refractivity contribution is 6.20. The molecular weight excluding hydrogens is 472 g/mol. The van der Waals surface area contributed by atoms with Crippen LogP contribution in [-0.2, 0) is 47.7 Å². The van der Waals surface area contributed by atoms with Gasteiger partial charge in [-0.1, -0.05) is 27.2 Å². The molecule has 4 aliphatic rings. The average Bonchev–Trinajstić information content (AvgIpc) is 3.46. The third-order valence-corrected chi connectivity index (χ3v) is 8.89. The average molecular weight is 505 g/mol. The van der Waals surface area contributed by atoms with Gasteiger partial charge in [-0.2, -0.15) is 0 Å². The van der Waals surface area contributed by atoms with Crippen LogP contribution in [0.4, 0.5) is 0 Å². The number of ketones is 2. The molecule has 4 aliphatic carbocycles. The Balaban J connectivity index is 2.00.